The summed E-state index contributed by atoms with van der Waals surface area (Å²) in [7, 11) is 0. The molecule has 3 aromatic rings. The lowest BCUT2D eigenvalue weighted by Gasteiger charge is -2.06. The Bertz CT molecular complexity index is 823. The molecule has 1 aliphatic heterocycles. The lowest BCUT2D eigenvalue weighted by molar-refractivity contribution is -0.115. The summed E-state index contributed by atoms with van der Waals surface area (Å²) in [6, 6.07) is 17.5. The summed E-state index contributed by atoms with van der Waals surface area (Å²) in [6.45, 7) is 0. The van der Waals surface area contributed by atoms with Crippen molar-refractivity contribution in [3.8, 4) is 16.9 Å². The minimum Gasteiger partial charge on any atom is -0.308 e. The smallest absolute Gasteiger partial charge is 0.230 e. The van der Waals surface area contributed by atoms with Gasteiger partial charge in [0.25, 0.3) is 0 Å². The molecule has 0 aliphatic carbocycles. The number of anilines is 1. The molecular weight excluding hydrogens is 264 g/mol. The van der Waals surface area contributed by atoms with Gasteiger partial charge < -0.3 is 5.32 Å². The minimum atomic E-state index is -0.0549. The molecule has 0 radical (unpaired) electrons. The van der Waals surface area contributed by atoms with Crippen LogP contribution < -0.4 is 5.32 Å². The van der Waals surface area contributed by atoms with Gasteiger partial charge >= 0.3 is 0 Å². The maximum atomic E-state index is 12.1. The highest BCUT2D eigenvalue weighted by atomic mass is 16.1. The number of para-hydroxylation sites is 1. The van der Waals surface area contributed by atoms with E-state index in [0.717, 1.165) is 16.8 Å². The number of hydrogen-bond donors (Lipinski definition) is 1. The molecule has 21 heavy (non-hydrogen) atoms. The standard InChI is InChI=1S/C16H12N4O/c21-14-10-12-8-4-5-9-13(12)20-16(17-14)15(18-19-20)11-6-2-1-3-7-11/h1-9H,10H2,(H,17,21). The third-order valence-electron chi connectivity index (χ3n) is 3.55. The highest BCUT2D eigenvalue weighted by molar-refractivity contribution is 5.96. The highest BCUT2D eigenvalue weighted by Gasteiger charge is 2.23. The number of benzene rings is 2. The number of hydrogen-bond acceptors (Lipinski definition) is 3. The van der Waals surface area contributed by atoms with Crippen molar-refractivity contribution in [2.24, 2.45) is 0 Å². The van der Waals surface area contributed by atoms with Crippen LogP contribution in [0.25, 0.3) is 16.9 Å². The van der Waals surface area contributed by atoms with Gasteiger partial charge in [-0.05, 0) is 11.6 Å². The van der Waals surface area contributed by atoms with Gasteiger partial charge in [0.15, 0.2) is 5.82 Å². The molecule has 1 amide bonds. The van der Waals surface area contributed by atoms with Gasteiger partial charge in [0.1, 0.15) is 5.69 Å². The number of nitrogens with one attached hydrogen (secondary N) is 1. The Morgan fingerprint density at radius 2 is 1.76 bits per heavy atom. The molecule has 2 heterocycles. The Kier molecular flexibility index (Phi) is 2.57. The van der Waals surface area contributed by atoms with Gasteiger partial charge in [-0.3, -0.25) is 4.79 Å². The summed E-state index contributed by atoms with van der Waals surface area (Å²) in [5.74, 6) is 0.567. The summed E-state index contributed by atoms with van der Waals surface area (Å²) in [5, 5.41) is 11.4. The Morgan fingerprint density at radius 3 is 2.62 bits per heavy atom. The summed E-state index contributed by atoms with van der Waals surface area (Å²) in [4.78, 5) is 12.1. The fourth-order valence-corrected chi connectivity index (χ4v) is 2.57. The molecular formula is C16H12N4O. The van der Waals surface area contributed by atoms with Crippen molar-refractivity contribution in [3.05, 3.63) is 60.2 Å². The number of amides is 1. The van der Waals surface area contributed by atoms with E-state index in [9.17, 15) is 4.79 Å². The Labute approximate surface area is 121 Å². The molecule has 0 unspecified atom stereocenters. The van der Waals surface area contributed by atoms with Gasteiger partial charge in [-0.1, -0.05) is 53.7 Å². The van der Waals surface area contributed by atoms with Crippen LogP contribution in [0.1, 0.15) is 5.56 Å². The first-order chi connectivity index (χ1) is 10.3. The third kappa shape index (κ3) is 1.90. The monoisotopic (exact) mass is 276 g/mol. The quantitative estimate of drug-likeness (QED) is 0.742. The van der Waals surface area contributed by atoms with E-state index in [-0.39, 0.29) is 5.91 Å². The number of rotatable bonds is 1. The molecule has 5 nitrogen and oxygen atoms in total. The van der Waals surface area contributed by atoms with E-state index < -0.39 is 0 Å². The number of nitrogens with zero attached hydrogens (tertiary/aromatic N) is 3. The van der Waals surface area contributed by atoms with Crippen LogP contribution in [0.5, 0.6) is 0 Å². The van der Waals surface area contributed by atoms with Crippen molar-refractivity contribution in [2.45, 2.75) is 6.42 Å². The lowest BCUT2D eigenvalue weighted by Crippen LogP contribution is -2.13. The van der Waals surface area contributed by atoms with Gasteiger partial charge in [0, 0.05) is 5.56 Å². The first-order valence-corrected chi connectivity index (χ1v) is 6.72. The second-order valence-electron chi connectivity index (χ2n) is 4.92. The molecule has 0 fully saturated rings. The van der Waals surface area contributed by atoms with Crippen LogP contribution in [0.15, 0.2) is 54.6 Å². The summed E-state index contributed by atoms with van der Waals surface area (Å²) in [6.07, 6.45) is 0.341. The summed E-state index contributed by atoms with van der Waals surface area (Å²) < 4.78 is 1.70. The first-order valence-electron chi connectivity index (χ1n) is 6.72. The predicted octanol–water partition coefficient (Wildman–Crippen LogP) is 2.43. The lowest BCUT2D eigenvalue weighted by atomic mass is 10.1. The van der Waals surface area contributed by atoms with Gasteiger partial charge in [-0.2, -0.15) is 4.68 Å². The van der Waals surface area contributed by atoms with Crippen molar-refractivity contribution in [1.82, 2.24) is 15.0 Å². The molecule has 1 aliphatic rings. The summed E-state index contributed by atoms with van der Waals surface area (Å²) in [5.41, 5.74) is 3.44. The van der Waals surface area contributed by atoms with Crippen LogP contribution in [-0.4, -0.2) is 20.9 Å². The van der Waals surface area contributed by atoms with Crippen molar-refractivity contribution in [2.75, 3.05) is 5.32 Å². The molecule has 1 aromatic heterocycles. The SMILES string of the molecule is O=C1Cc2ccccc2-n2nnc(-c3ccccc3)c2N1. The van der Waals surface area contributed by atoms with Crippen LogP contribution >= 0.6 is 0 Å². The molecule has 0 atom stereocenters. The van der Waals surface area contributed by atoms with Gasteiger partial charge in [0.05, 0.1) is 12.1 Å². The molecule has 0 saturated heterocycles. The largest absolute Gasteiger partial charge is 0.308 e. The van der Waals surface area contributed by atoms with Crippen LogP contribution in [0.2, 0.25) is 0 Å². The fraction of sp³-hybridized carbons (Fsp3) is 0.0625. The normalized spacial score (nSPS) is 13.0. The number of carbonyl (C=O) groups excluding carboxylic acids is 1. The minimum absolute atomic E-state index is 0.0549. The van der Waals surface area contributed by atoms with Crippen molar-refractivity contribution >= 4 is 11.7 Å². The maximum absolute atomic E-state index is 12.1. The molecule has 5 heteroatoms. The van der Waals surface area contributed by atoms with Crippen molar-refractivity contribution in [1.29, 1.82) is 0 Å². The predicted molar refractivity (Wildman–Crippen MR) is 79.1 cm³/mol. The zero-order valence-corrected chi connectivity index (χ0v) is 11.2. The van der Waals surface area contributed by atoms with Crippen molar-refractivity contribution < 1.29 is 4.79 Å². The van der Waals surface area contributed by atoms with Gasteiger partial charge in [-0.15, -0.1) is 5.10 Å². The van der Waals surface area contributed by atoms with Gasteiger partial charge in [0.2, 0.25) is 5.91 Å². The molecule has 2 aromatic carbocycles. The average Bonchev–Trinajstić information content (AvgIpc) is 2.86. The van der Waals surface area contributed by atoms with E-state index in [4.69, 9.17) is 0 Å². The number of aromatic nitrogens is 3. The van der Waals surface area contributed by atoms with E-state index in [1.165, 1.54) is 0 Å². The second-order valence-corrected chi connectivity index (χ2v) is 4.92. The third-order valence-corrected chi connectivity index (χ3v) is 3.55. The zero-order chi connectivity index (χ0) is 14.2. The van der Waals surface area contributed by atoms with Crippen LogP contribution in [0, 0.1) is 0 Å². The second kappa shape index (κ2) is 4.56. The Balaban J connectivity index is 1.95. The number of fused-ring (bicyclic) bond motifs is 3. The molecule has 4 rings (SSSR count). The number of carbonyl (C=O) groups is 1. The summed E-state index contributed by atoms with van der Waals surface area (Å²) >= 11 is 0. The van der Waals surface area contributed by atoms with Crippen LogP contribution in [-0.2, 0) is 11.2 Å². The van der Waals surface area contributed by atoms with Crippen LogP contribution in [0.3, 0.4) is 0 Å². The first kappa shape index (κ1) is 11.8. The van der Waals surface area contributed by atoms with E-state index >= 15 is 0 Å². The average molecular weight is 276 g/mol. The van der Waals surface area contributed by atoms with Gasteiger partial charge in [-0.25, -0.2) is 0 Å². The zero-order valence-electron chi connectivity index (χ0n) is 11.2. The van der Waals surface area contributed by atoms with Crippen molar-refractivity contribution in [3.63, 3.8) is 0 Å². The fourth-order valence-electron chi connectivity index (χ4n) is 2.57. The Morgan fingerprint density at radius 1 is 1.00 bits per heavy atom. The van der Waals surface area contributed by atoms with E-state index in [0.29, 0.717) is 17.9 Å². The topological polar surface area (TPSA) is 59.8 Å². The maximum Gasteiger partial charge on any atom is 0.230 e. The molecule has 0 spiro atoms. The highest BCUT2D eigenvalue weighted by Crippen LogP contribution is 2.30. The van der Waals surface area contributed by atoms with Crippen LogP contribution in [0.4, 0.5) is 5.82 Å². The molecule has 0 saturated carbocycles. The molecule has 0 bridgehead atoms. The molecule has 102 valence electrons. The molecule has 1 N–H and O–H groups in total. The van der Waals surface area contributed by atoms with E-state index in [2.05, 4.69) is 15.6 Å². The van der Waals surface area contributed by atoms with E-state index in [1.807, 2.05) is 54.6 Å². The van der Waals surface area contributed by atoms with E-state index in [1.54, 1.807) is 4.68 Å². The Hall–Kier alpha value is -2.95.